The molecule has 5 nitrogen and oxygen atoms in total. The monoisotopic (exact) mass is 272 g/mol. The van der Waals surface area contributed by atoms with Crippen molar-refractivity contribution in [3.8, 4) is 11.5 Å². The second-order valence-electron chi connectivity index (χ2n) is 3.67. The van der Waals surface area contributed by atoms with E-state index in [1.165, 1.54) is 12.1 Å². The highest BCUT2D eigenvalue weighted by atomic mass is 35.5. The second kappa shape index (κ2) is 5.46. The first-order valence-electron chi connectivity index (χ1n) is 5.57. The largest absolute Gasteiger partial charge is 0.486 e. The third kappa shape index (κ3) is 2.52. The number of hydrogen-bond donors (Lipinski definition) is 1. The van der Waals surface area contributed by atoms with Crippen molar-refractivity contribution in [2.24, 2.45) is 0 Å². The van der Waals surface area contributed by atoms with Crippen LogP contribution in [0.3, 0.4) is 0 Å². The van der Waals surface area contributed by atoms with Gasteiger partial charge in [-0.15, -0.1) is 0 Å². The van der Waals surface area contributed by atoms with Gasteiger partial charge in [-0.3, -0.25) is 0 Å². The zero-order chi connectivity index (χ0) is 13.1. The molecule has 1 N–H and O–H groups in total. The summed E-state index contributed by atoms with van der Waals surface area (Å²) in [7, 11) is 0. The lowest BCUT2D eigenvalue weighted by Crippen LogP contribution is -2.18. The maximum absolute atomic E-state index is 11.5. The Morgan fingerprint density at radius 2 is 2.06 bits per heavy atom. The molecule has 0 saturated carbocycles. The minimum Gasteiger partial charge on any atom is -0.486 e. The van der Waals surface area contributed by atoms with E-state index in [0.29, 0.717) is 24.7 Å². The van der Waals surface area contributed by atoms with E-state index in [-0.39, 0.29) is 17.2 Å². The molecule has 1 aromatic rings. The minimum absolute atomic E-state index is 0.193. The molecule has 0 radical (unpaired) electrons. The summed E-state index contributed by atoms with van der Waals surface area (Å²) in [6, 6.07) is 3.02. The molecule has 1 aliphatic rings. The van der Waals surface area contributed by atoms with Crippen LogP contribution in [0.25, 0.3) is 0 Å². The Labute approximate surface area is 109 Å². The number of halogens is 1. The summed E-state index contributed by atoms with van der Waals surface area (Å²) in [5, 5.41) is 10.1. The number of rotatable bonds is 3. The summed E-state index contributed by atoms with van der Waals surface area (Å²) in [4.78, 5) is 11.5. The van der Waals surface area contributed by atoms with Gasteiger partial charge in [0.1, 0.15) is 13.2 Å². The van der Waals surface area contributed by atoms with Crippen molar-refractivity contribution in [3.63, 3.8) is 0 Å². The Bertz CT molecular complexity index is 460. The molecule has 0 bridgehead atoms. The maximum atomic E-state index is 11.5. The van der Waals surface area contributed by atoms with Crippen LogP contribution in [0, 0.1) is 0 Å². The fourth-order valence-electron chi connectivity index (χ4n) is 1.64. The third-order valence-electron chi connectivity index (χ3n) is 2.47. The molecule has 0 aromatic heterocycles. The molecule has 0 fully saturated rings. The first-order valence-corrected chi connectivity index (χ1v) is 5.95. The molecule has 1 aliphatic heterocycles. The predicted octanol–water partition coefficient (Wildman–Crippen LogP) is 1.71. The normalized spacial score (nSPS) is 15.1. The number of benzene rings is 1. The summed E-state index contributed by atoms with van der Waals surface area (Å²) >= 11 is 6.00. The Morgan fingerprint density at radius 3 is 2.67 bits per heavy atom. The van der Waals surface area contributed by atoms with Crippen molar-refractivity contribution in [2.45, 2.75) is 13.0 Å². The smallest absolute Gasteiger partial charge is 0.339 e. The quantitative estimate of drug-likeness (QED) is 0.849. The van der Waals surface area contributed by atoms with E-state index in [0.717, 1.165) is 0 Å². The average molecular weight is 273 g/mol. The molecule has 0 amide bonds. The SMILES string of the molecule is CCOC(=O)C(O)c1cc2c(cc1Cl)OCCO2. The van der Waals surface area contributed by atoms with E-state index in [9.17, 15) is 9.90 Å². The molecular weight excluding hydrogens is 260 g/mol. The summed E-state index contributed by atoms with van der Waals surface area (Å²) in [6.45, 7) is 2.72. The number of fused-ring (bicyclic) bond motifs is 1. The fraction of sp³-hybridized carbons (Fsp3) is 0.417. The molecule has 98 valence electrons. The summed E-state index contributed by atoms with van der Waals surface area (Å²) in [5.41, 5.74) is 0.249. The highest BCUT2D eigenvalue weighted by Crippen LogP contribution is 2.37. The maximum Gasteiger partial charge on any atom is 0.339 e. The Hall–Kier alpha value is -1.46. The van der Waals surface area contributed by atoms with Crippen LogP contribution in [-0.4, -0.2) is 30.9 Å². The first kappa shape index (κ1) is 13.0. The van der Waals surface area contributed by atoms with Gasteiger partial charge in [-0.1, -0.05) is 11.6 Å². The average Bonchev–Trinajstić information content (AvgIpc) is 2.37. The molecule has 0 saturated heterocycles. The van der Waals surface area contributed by atoms with Gasteiger partial charge in [0.25, 0.3) is 0 Å². The van der Waals surface area contributed by atoms with Gasteiger partial charge in [0.2, 0.25) is 0 Å². The molecule has 18 heavy (non-hydrogen) atoms. The standard InChI is InChI=1S/C12H13ClO5/c1-2-16-12(15)11(14)7-5-9-10(6-8(7)13)18-4-3-17-9/h5-6,11,14H,2-4H2,1H3. The van der Waals surface area contributed by atoms with E-state index in [1.54, 1.807) is 6.92 Å². The predicted molar refractivity (Wildman–Crippen MR) is 64.0 cm³/mol. The van der Waals surface area contributed by atoms with Crippen LogP contribution in [0.5, 0.6) is 11.5 Å². The van der Waals surface area contributed by atoms with E-state index >= 15 is 0 Å². The van der Waals surface area contributed by atoms with Gasteiger partial charge in [0, 0.05) is 11.6 Å². The van der Waals surface area contributed by atoms with Crippen molar-refractivity contribution in [1.82, 2.24) is 0 Å². The summed E-state index contributed by atoms with van der Waals surface area (Å²) in [6.07, 6.45) is -1.42. The van der Waals surface area contributed by atoms with Crippen LogP contribution in [0.2, 0.25) is 5.02 Å². The van der Waals surface area contributed by atoms with Crippen molar-refractivity contribution in [1.29, 1.82) is 0 Å². The topological polar surface area (TPSA) is 65.0 Å². The Balaban J connectivity index is 2.30. The van der Waals surface area contributed by atoms with Crippen molar-refractivity contribution >= 4 is 17.6 Å². The number of carbonyl (C=O) groups is 1. The van der Waals surface area contributed by atoms with Gasteiger partial charge < -0.3 is 19.3 Å². The van der Waals surface area contributed by atoms with Crippen LogP contribution in [0.4, 0.5) is 0 Å². The molecule has 1 aromatic carbocycles. The van der Waals surface area contributed by atoms with Crippen LogP contribution in [-0.2, 0) is 9.53 Å². The molecule has 6 heteroatoms. The molecule has 1 heterocycles. The molecule has 0 spiro atoms. The van der Waals surface area contributed by atoms with Crippen molar-refractivity contribution in [3.05, 3.63) is 22.7 Å². The van der Waals surface area contributed by atoms with Crippen LogP contribution in [0.15, 0.2) is 12.1 Å². The first-order chi connectivity index (χ1) is 8.63. The zero-order valence-corrected chi connectivity index (χ0v) is 10.6. The summed E-state index contributed by atoms with van der Waals surface area (Å²) < 4.78 is 15.4. The molecular formula is C12H13ClO5. The van der Waals surface area contributed by atoms with Gasteiger partial charge in [0.15, 0.2) is 17.6 Å². The number of carbonyl (C=O) groups excluding carboxylic acids is 1. The lowest BCUT2D eigenvalue weighted by atomic mass is 10.1. The number of esters is 1. The zero-order valence-electron chi connectivity index (χ0n) is 9.81. The number of aliphatic hydroxyl groups excluding tert-OH is 1. The molecule has 1 unspecified atom stereocenters. The van der Waals surface area contributed by atoms with E-state index in [1.807, 2.05) is 0 Å². The molecule has 2 rings (SSSR count). The highest BCUT2D eigenvalue weighted by molar-refractivity contribution is 6.31. The van der Waals surface area contributed by atoms with Crippen LogP contribution < -0.4 is 9.47 Å². The Morgan fingerprint density at radius 1 is 1.44 bits per heavy atom. The van der Waals surface area contributed by atoms with Crippen molar-refractivity contribution in [2.75, 3.05) is 19.8 Å². The van der Waals surface area contributed by atoms with Gasteiger partial charge in [-0.25, -0.2) is 4.79 Å². The fourth-order valence-corrected chi connectivity index (χ4v) is 1.89. The molecule has 0 aliphatic carbocycles. The van der Waals surface area contributed by atoms with Crippen LogP contribution in [0.1, 0.15) is 18.6 Å². The number of hydrogen-bond acceptors (Lipinski definition) is 5. The second-order valence-corrected chi connectivity index (χ2v) is 4.08. The third-order valence-corrected chi connectivity index (χ3v) is 2.79. The number of ether oxygens (including phenoxy) is 3. The lowest BCUT2D eigenvalue weighted by molar-refractivity contribution is -0.153. The van der Waals surface area contributed by atoms with E-state index < -0.39 is 12.1 Å². The van der Waals surface area contributed by atoms with Crippen molar-refractivity contribution < 1.29 is 24.1 Å². The van der Waals surface area contributed by atoms with Gasteiger partial charge >= 0.3 is 5.97 Å². The van der Waals surface area contributed by atoms with Gasteiger partial charge in [-0.2, -0.15) is 0 Å². The van der Waals surface area contributed by atoms with E-state index in [4.69, 9.17) is 25.8 Å². The lowest BCUT2D eigenvalue weighted by Gasteiger charge is -2.20. The minimum atomic E-state index is -1.42. The Kier molecular flexibility index (Phi) is 3.93. The van der Waals surface area contributed by atoms with Gasteiger partial charge in [-0.05, 0) is 13.0 Å². The van der Waals surface area contributed by atoms with Gasteiger partial charge in [0.05, 0.1) is 11.6 Å². The molecule has 1 atom stereocenters. The number of aliphatic hydroxyl groups is 1. The van der Waals surface area contributed by atoms with Crippen LogP contribution >= 0.6 is 11.6 Å². The highest BCUT2D eigenvalue weighted by Gasteiger charge is 2.24. The van der Waals surface area contributed by atoms with E-state index in [2.05, 4.69) is 0 Å². The summed E-state index contributed by atoms with van der Waals surface area (Å²) in [5.74, 6) is 0.228.